The Morgan fingerprint density at radius 3 is 2.62 bits per heavy atom. The summed E-state index contributed by atoms with van der Waals surface area (Å²) in [7, 11) is 0. The van der Waals surface area contributed by atoms with Crippen molar-refractivity contribution in [2.45, 2.75) is 19.8 Å². The van der Waals surface area contributed by atoms with E-state index in [1.165, 1.54) is 11.8 Å². The topological polar surface area (TPSA) is 102 Å². The second kappa shape index (κ2) is 6.32. The lowest BCUT2D eigenvalue weighted by Crippen LogP contribution is -2.54. The van der Waals surface area contributed by atoms with Gasteiger partial charge in [0, 0.05) is 20.0 Å². The molecule has 1 unspecified atom stereocenters. The SMILES string of the molecule is CC(=O)N1CC(CCCN=C(N)N)C1=O.Cl. The maximum absolute atomic E-state index is 11.4. The van der Waals surface area contributed by atoms with Crippen molar-refractivity contribution in [3.63, 3.8) is 0 Å². The van der Waals surface area contributed by atoms with Crippen LogP contribution in [0.1, 0.15) is 19.8 Å². The van der Waals surface area contributed by atoms with Crippen LogP contribution in [0.15, 0.2) is 4.99 Å². The van der Waals surface area contributed by atoms with Crippen LogP contribution in [0.2, 0.25) is 0 Å². The van der Waals surface area contributed by atoms with Crippen molar-refractivity contribution >= 4 is 30.2 Å². The minimum Gasteiger partial charge on any atom is -0.370 e. The maximum Gasteiger partial charge on any atom is 0.234 e. The Labute approximate surface area is 100 Å². The number of carbonyl (C=O) groups is 2. The molecule has 16 heavy (non-hydrogen) atoms. The second-order valence-electron chi connectivity index (χ2n) is 3.61. The summed E-state index contributed by atoms with van der Waals surface area (Å²) < 4.78 is 0. The van der Waals surface area contributed by atoms with E-state index in [1.807, 2.05) is 0 Å². The predicted molar refractivity (Wildman–Crippen MR) is 63.0 cm³/mol. The van der Waals surface area contributed by atoms with Gasteiger partial charge in [0.1, 0.15) is 0 Å². The molecule has 1 rings (SSSR count). The number of aliphatic imine (C=N–C) groups is 1. The number of likely N-dealkylation sites (tertiary alicyclic amines) is 1. The third-order valence-corrected chi connectivity index (χ3v) is 2.40. The number of hydrogen-bond acceptors (Lipinski definition) is 3. The lowest BCUT2D eigenvalue weighted by Gasteiger charge is -2.35. The van der Waals surface area contributed by atoms with E-state index in [0.717, 1.165) is 12.8 Å². The summed E-state index contributed by atoms with van der Waals surface area (Å²) in [5.41, 5.74) is 10.3. The van der Waals surface area contributed by atoms with Gasteiger partial charge in [-0.25, -0.2) is 0 Å². The molecule has 7 heteroatoms. The zero-order valence-electron chi connectivity index (χ0n) is 9.18. The highest BCUT2D eigenvalue weighted by Crippen LogP contribution is 2.22. The smallest absolute Gasteiger partial charge is 0.234 e. The quantitative estimate of drug-likeness (QED) is 0.302. The summed E-state index contributed by atoms with van der Waals surface area (Å²) in [6.07, 6.45) is 1.50. The number of nitrogens with two attached hydrogens (primary N) is 2. The van der Waals surface area contributed by atoms with Crippen molar-refractivity contribution < 1.29 is 9.59 Å². The van der Waals surface area contributed by atoms with Crippen molar-refractivity contribution in [2.24, 2.45) is 22.4 Å². The van der Waals surface area contributed by atoms with Crippen LogP contribution in [0, 0.1) is 5.92 Å². The molecule has 1 saturated heterocycles. The molecule has 0 radical (unpaired) electrons. The van der Waals surface area contributed by atoms with E-state index in [1.54, 1.807) is 0 Å². The lowest BCUT2D eigenvalue weighted by molar-refractivity contribution is -0.157. The number of imide groups is 1. The number of β-lactam (4-membered cyclic amide) rings is 1. The van der Waals surface area contributed by atoms with Crippen molar-refractivity contribution in [1.29, 1.82) is 0 Å². The molecule has 6 nitrogen and oxygen atoms in total. The summed E-state index contributed by atoms with van der Waals surface area (Å²) in [4.78, 5) is 27.3. The van der Waals surface area contributed by atoms with Gasteiger partial charge >= 0.3 is 0 Å². The fraction of sp³-hybridized carbons (Fsp3) is 0.667. The van der Waals surface area contributed by atoms with Crippen molar-refractivity contribution in [2.75, 3.05) is 13.1 Å². The highest BCUT2D eigenvalue weighted by molar-refractivity contribution is 5.99. The molecule has 92 valence electrons. The molecular formula is C9H17ClN4O2. The number of carbonyl (C=O) groups excluding carboxylic acids is 2. The van der Waals surface area contributed by atoms with Gasteiger partial charge in [-0.05, 0) is 12.8 Å². The summed E-state index contributed by atoms with van der Waals surface area (Å²) in [6, 6.07) is 0. The monoisotopic (exact) mass is 248 g/mol. The number of halogens is 1. The Bertz CT molecular complexity index is 302. The van der Waals surface area contributed by atoms with Crippen LogP contribution in [0.3, 0.4) is 0 Å². The molecule has 0 aliphatic carbocycles. The third-order valence-electron chi connectivity index (χ3n) is 2.40. The van der Waals surface area contributed by atoms with E-state index in [2.05, 4.69) is 4.99 Å². The molecule has 1 fully saturated rings. The van der Waals surface area contributed by atoms with Crippen LogP contribution < -0.4 is 11.5 Å². The van der Waals surface area contributed by atoms with Crippen LogP contribution >= 0.6 is 12.4 Å². The maximum atomic E-state index is 11.4. The molecule has 0 aromatic carbocycles. The van der Waals surface area contributed by atoms with Gasteiger partial charge in [-0.15, -0.1) is 12.4 Å². The average molecular weight is 249 g/mol. The molecule has 2 amide bonds. The summed E-state index contributed by atoms with van der Waals surface area (Å²) in [6.45, 7) is 2.47. The molecule has 1 heterocycles. The normalized spacial score (nSPS) is 18.4. The largest absolute Gasteiger partial charge is 0.370 e. The van der Waals surface area contributed by atoms with E-state index in [9.17, 15) is 9.59 Å². The first-order chi connectivity index (χ1) is 7.02. The first-order valence-electron chi connectivity index (χ1n) is 4.89. The van der Waals surface area contributed by atoms with E-state index in [4.69, 9.17) is 11.5 Å². The Morgan fingerprint density at radius 1 is 1.56 bits per heavy atom. The van der Waals surface area contributed by atoms with Crippen LogP contribution in [-0.2, 0) is 9.59 Å². The standard InChI is InChI=1S/C9H16N4O2.ClH/c1-6(14)13-5-7(8(13)15)3-2-4-12-9(10)11;/h7H,2-5H2,1H3,(H4,10,11,12);1H. The molecular weight excluding hydrogens is 232 g/mol. The fourth-order valence-corrected chi connectivity index (χ4v) is 1.54. The van der Waals surface area contributed by atoms with Crippen LogP contribution in [0.25, 0.3) is 0 Å². The zero-order valence-corrected chi connectivity index (χ0v) is 10.00. The predicted octanol–water partition coefficient (Wildman–Crippen LogP) is -0.533. The van der Waals surface area contributed by atoms with Gasteiger partial charge < -0.3 is 11.5 Å². The highest BCUT2D eigenvalue weighted by Gasteiger charge is 2.38. The summed E-state index contributed by atoms with van der Waals surface area (Å²) in [5, 5.41) is 0. The molecule has 1 aliphatic rings. The average Bonchev–Trinajstić information content (AvgIpc) is 2.13. The second-order valence-corrected chi connectivity index (χ2v) is 3.61. The minimum absolute atomic E-state index is 0. The highest BCUT2D eigenvalue weighted by atomic mass is 35.5. The molecule has 0 bridgehead atoms. The fourth-order valence-electron chi connectivity index (χ4n) is 1.54. The van der Waals surface area contributed by atoms with Crippen molar-refractivity contribution in [3.05, 3.63) is 0 Å². The molecule has 0 aromatic rings. The first-order valence-corrected chi connectivity index (χ1v) is 4.89. The number of rotatable bonds is 4. The van der Waals surface area contributed by atoms with Gasteiger partial charge in [-0.1, -0.05) is 0 Å². The molecule has 0 aromatic heterocycles. The van der Waals surface area contributed by atoms with Gasteiger partial charge in [0.25, 0.3) is 0 Å². The number of nitrogens with zero attached hydrogens (tertiary/aromatic N) is 2. The molecule has 1 aliphatic heterocycles. The Morgan fingerprint density at radius 2 is 2.19 bits per heavy atom. The van der Waals surface area contributed by atoms with Gasteiger partial charge in [0.15, 0.2) is 5.96 Å². The van der Waals surface area contributed by atoms with Crippen LogP contribution in [0.5, 0.6) is 0 Å². The van der Waals surface area contributed by atoms with E-state index in [0.29, 0.717) is 13.1 Å². The number of hydrogen-bond donors (Lipinski definition) is 2. The lowest BCUT2D eigenvalue weighted by atomic mass is 9.93. The minimum atomic E-state index is -0.180. The Kier molecular flexibility index (Phi) is 5.81. The van der Waals surface area contributed by atoms with Gasteiger partial charge in [0.2, 0.25) is 11.8 Å². The van der Waals surface area contributed by atoms with Gasteiger partial charge in [0.05, 0.1) is 5.92 Å². The van der Waals surface area contributed by atoms with Crippen molar-refractivity contribution in [1.82, 2.24) is 4.90 Å². The Hall–Kier alpha value is -1.30. The van der Waals surface area contributed by atoms with E-state index in [-0.39, 0.29) is 36.1 Å². The Balaban J connectivity index is 0.00000225. The third kappa shape index (κ3) is 3.69. The van der Waals surface area contributed by atoms with Crippen molar-refractivity contribution in [3.8, 4) is 0 Å². The van der Waals surface area contributed by atoms with Crippen LogP contribution in [-0.4, -0.2) is 35.8 Å². The summed E-state index contributed by atoms with van der Waals surface area (Å²) >= 11 is 0. The van der Waals surface area contributed by atoms with Crippen LogP contribution in [0.4, 0.5) is 0 Å². The van der Waals surface area contributed by atoms with E-state index >= 15 is 0 Å². The number of amides is 2. The summed E-state index contributed by atoms with van der Waals surface area (Å²) in [5.74, 6) is -0.212. The van der Waals surface area contributed by atoms with Gasteiger partial charge in [-0.2, -0.15) is 0 Å². The zero-order chi connectivity index (χ0) is 11.4. The van der Waals surface area contributed by atoms with E-state index < -0.39 is 0 Å². The first kappa shape index (κ1) is 14.7. The molecule has 0 spiro atoms. The molecule has 1 atom stereocenters. The van der Waals surface area contributed by atoms with Gasteiger partial charge in [-0.3, -0.25) is 19.5 Å². The molecule has 4 N–H and O–H groups in total. The molecule has 0 saturated carbocycles. The number of guanidine groups is 1.